The molecule has 0 spiro atoms. The molecule has 0 aliphatic carbocycles. The first-order chi connectivity index (χ1) is 7.61. The Labute approximate surface area is 111 Å². The molecule has 81 valence electrons. The Bertz CT molecular complexity index is 429. The first kappa shape index (κ1) is 11.9. The zero-order valence-electron chi connectivity index (χ0n) is 9.58. The summed E-state index contributed by atoms with van der Waals surface area (Å²) >= 11 is 0.545. The van der Waals surface area contributed by atoms with Crippen LogP contribution in [0.5, 0.6) is 11.5 Å². The Morgan fingerprint density at radius 2 is 2.31 bits per heavy atom. The van der Waals surface area contributed by atoms with Crippen molar-refractivity contribution < 1.29 is 40.4 Å². The van der Waals surface area contributed by atoms with Gasteiger partial charge in [-0.15, -0.1) is 0 Å². The quantitative estimate of drug-likeness (QED) is 0.430. The molecule has 1 unspecified atom stereocenters. The monoisotopic (exact) mass is 407 g/mol. The van der Waals surface area contributed by atoms with Gasteiger partial charge in [-0.2, -0.15) is 0 Å². The van der Waals surface area contributed by atoms with Gasteiger partial charge in [0.1, 0.15) is 0 Å². The number of hydrogen-bond donors (Lipinski definition) is 0. The van der Waals surface area contributed by atoms with E-state index in [1.54, 1.807) is 0 Å². The molecule has 2 rings (SSSR count). The summed E-state index contributed by atoms with van der Waals surface area (Å²) in [4.78, 5) is 11.4. The van der Waals surface area contributed by atoms with Gasteiger partial charge < -0.3 is 0 Å². The molecule has 1 aromatic carbocycles. The standard InChI is InChI=1S/C12H13O3.Hg/c1-3-14-10-7-11-9(6-8(10)2)4-5-12(13)15-11;/h4,6-7H,3,5H2,1-2H3;. The van der Waals surface area contributed by atoms with Gasteiger partial charge in [0, 0.05) is 0 Å². The number of carbonyl (C=O) groups excluding carboxylic acids is 1. The Morgan fingerprint density at radius 3 is 3.00 bits per heavy atom. The number of hydrogen-bond acceptors (Lipinski definition) is 3. The Hall–Kier alpha value is -0.575. The van der Waals surface area contributed by atoms with Crippen LogP contribution in [0.4, 0.5) is 0 Å². The van der Waals surface area contributed by atoms with Crippen LogP contribution in [0.1, 0.15) is 27.9 Å². The second-order valence-electron chi connectivity index (χ2n) is 3.96. The molecular formula is C12H13HgO3. The Morgan fingerprint density at radius 1 is 1.56 bits per heavy atom. The van der Waals surface area contributed by atoms with Crippen LogP contribution in [0.25, 0.3) is 0 Å². The van der Waals surface area contributed by atoms with Crippen LogP contribution in [-0.4, -0.2) is 12.6 Å². The summed E-state index contributed by atoms with van der Waals surface area (Å²) in [6.07, 6.45) is 0.545. The molecule has 4 heteroatoms. The van der Waals surface area contributed by atoms with E-state index in [1.807, 2.05) is 19.9 Å². The van der Waals surface area contributed by atoms with Crippen LogP contribution in [0.15, 0.2) is 12.1 Å². The fourth-order valence-electron chi connectivity index (χ4n) is 1.89. The molecule has 1 aliphatic heterocycles. The van der Waals surface area contributed by atoms with Gasteiger partial charge in [0.2, 0.25) is 0 Å². The molecule has 0 aromatic heterocycles. The summed E-state index contributed by atoms with van der Waals surface area (Å²) in [5.74, 6) is 1.40. The third-order valence-corrected chi connectivity index (χ3v) is 5.52. The van der Waals surface area contributed by atoms with Crippen LogP contribution < -0.4 is 9.47 Å². The second-order valence-corrected chi connectivity index (χ2v) is 7.80. The molecule has 0 N–H and O–H groups in total. The molecule has 1 aromatic rings. The van der Waals surface area contributed by atoms with Crippen LogP contribution in [-0.2, 0) is 30.9 Å². The fourth-order valence-corrected chi connectivity index (χ4v) is 4.04. The van der Waals surface area contributed by atoms with E-state index >= 15 is 0 Å². The second kappa shape index (κ2) is 4.74. The molecule has 0 amide bonds. The van der Waals surface area contributed by atoms with Crippen LogP contribution >= 0.6 is 0 Å². The molecular weight excluding hydrogens is 393 g/mol. The first-order valence-corrected chi connectivity index (χ1v) is 8.60. The van der Waals surface area contributed by atoms with Crippen molar-refractivity contribution >= 4 is 5.97 Å². The number of fused-ring (bicyclic) bond motifs is 1. The average Bonchev–Trinajstić information content (AvgIpc) is 2.21. The van der Waals surface area contributed by atoms with E-state index < -0.39 is 0 Å². The van der Waals surface area contributed by atoms with E-state index in [4.69, 9.17) is 9.47 Å². The summed E-state index contributed by atoms with van der Waals surface area (Å²) in [7, 11) is 0. The summed E-state index contributed by atoms with van der Waals surface area (Å²) in [6, 6.07) is 3.95. The van der Waals surface area contributed by atoms with Crippen LogP contribution in [0.2, 0.25) is 0 Å². The van der Waals surface area contributed by atoms with Crippen molar-refractivity contribution in [3.63, 3.8) is 0 Å². The Balaban J connectivity index is 2.44. The SMILES string of the molecule is CCOc1cc2c(cc1C)[CH]([Hg])CC(=O)O2. The molecule has 1 atom stereocenters. The third-order valence-electron chi connectivity index (χ3n) is 2.68. The summed E-state index contributed by atoms with van der Waals surface area (Å²) in [5.41, 5.74) is 2.30. The molecule has 0 fully saturated rings. The van der Waals surface area contributed by atoms with Crippen molar-refractivity contribution in [2.24, 2.45) is 0 Å². The van der Waals surface area contributed by atoms with Gasteiger partial charge >= 0.3 is 111 Å². The van der Waals surface area contributed by atoms with E-state index in [0.717, 1.165) is 11.3 Å². The van der Waals surface area contributed by atoms with Gasteiger partial charge in [-0.05, 0) is 0 Å². The van der Waals surface area contributed by atoms with Crippen molar-refractivity contribution in [2.75, 3.05) is 6.61 Å². The Kier molecular flexibility index (Phi) is 3.52. The van der Waals surface area contributed by atoms with Crippen molar-refractivity contribution in [3.05, 3.63) is 23.3 Å². The minimum absolute atomic E-state index is 0.112. The minimum atomic E-state index is -0.112. The first-order valence-electron chi connectivity index (χ1n) is 5.43. The maximum atomic E-state index is 11.4. The predicted molar refractivity (Wildman–Crippen MR) is 55.3 cm³/mol. The number of aryl methyl sites for hydroxylation is 1. The third kappa shape index (κ3) is 2.24. The number of esters is 1. The molecule has 1 heterocycles. The van der Waals surface area contributed by atoms with Crippen molar-refractivity contribution in [3.8, 4) is 11.5 Å². The molecule has 3 nitrogen and oxygen atoms in total. The zero-order chi connectivity index (χ0) is 11.7. The van der Waals surface area contributed by atoms with E-state index in [2.05, 4.69) is 6.07 Å². The van der Waals surface area contributed by atoms with Gasteiger partial charge in [0.15, 0.2) is 0 Å². The molecule has 1 aliphatic rings. The number of carbonyl (C=O) groups is 1. The van der Waals surface area contributed by atoms with E-state index in [9.17, 15) is 4.79 Å². The number of ether oxygens (including phenoxy) is 2. The van der Waals surface area contributed by atoms with Crippen molar-refractivity contribution in [1.82, 2.24) is 0 Å². The summed E-state index contributed by atoms with van der Waals surface area (Å²) in [6.45, 7) is 4.60. The van der Waals surface area contributed by atoms with E-state index in [-0.39, 0.29) is 5.97 Å². The normalized spacial score (nSPS) is 19.0. The van der Waals surface area contributed by atoms with E-state index in [1.165, 1.54) is 5.56 Å². The van der Waals surface area contributed by atoms with Gasteiger partial charge in [-0.1, -0.05) is 0 Å². The molecule has 0 saturated carbocycles. The number of benzene rings is 1. The molecule has 0 bridgehead atoms. The van der Waals surface area contributed by atoms with Gasteiger partial charge in [0.05, 0.1) is 0 Å². The zero-order valence-corrected chi connectivity index (χ0v) is 15.1. The van der Waals surface area contributed by atoms with Gasteiger partial charge in [-0.25, -0.2) is 0 Å². The van der Waals surface area contributed by atoms with Crippen molar-refractivity contribution in [2.45, 2.75) is 23.7 Å². The topological polar surface area (TPSA) is 35.5 Å². The van der Waals surface area contributed by atoms with Gasteiger partial charge in [-0.3, -0.25) is 0 Å². The van der Waals surface area contributed by atoms with Crippen LogP contribution in [0.3, 0.4) is 0 Å². The molecule has 0 radical (unpaired) electrons. The fraction of sp³-hybridized carbons (Fsp3) is 0.417. The number of rotatable bonds is 2. The summed E-state index contributed by atoms with van der Waals surface area (Å²) in [5, 5.41) is 0. The van der Waals surface area contributed by atoms with E-state index in [0.29, 0.717) is 48.3 Å². The average molecular weight is 406 g/mol. The van der Waals surface area contributed by atoms with Crippen LogP contribution in [0, 0.1) is 6.92 Å². The summed E-state index contributed by atoms with van der Waals surface area (Å²) < 4.78 is 11.2. The predicted octanol–water partition coefficient (Wildman–Crippen LogP) is 2.29. The van der Waals surface area contributed by atoms with Gasteiger partial charge in [0.25, 0.3) is 0 Å². The maximum absolute atomic E-state index is 11.4. The molecule has 0 saturated heterocycles. The molecule has 16 heavy (non-hydrogen) atoms. The van der Waals surface area contributed by atoms with Crippen molar-refractivity contribution in [1.29, 1.82) is 0 Å².